The van der Waals surface area contributed by atoms with E-state index in [1.165, 1.54) is 5.56 Å². The van der Waals surface area contributed by atoms with Crippen molar-refractivity contribution in [2.75, 3.05) is 37.7 Å². The number of hydrogen-bond acceptors (Lipinski definition) is 5. The lowest BCUT2D eigenvalue weighted by Crippen LogP contribution is -2.46. The molecule has 7 heteroatoms. The third-order valence-corrected chi connectivity index (χ3v) is 5.08. The molecular weight excluding hydrogens is 348 g/mol. The van der Waals surface area contributed by atoms with Crippen LogP contribution in [0.2, 0.25) is 0 Å². The second-order valence-electron chi connectivity index (χ2n) is 6.94. The maximum Gasteiger partial charge on any atom is 0.312 e. The molecule has 2 fully saturated rings. The van der Waals surface area contributed by atoms with Gasteiger partial charge in [-0.05, 0) is 31.0 Å². The van der Waals surface area contributed by atoms with Crippen molar-refractivity contribution in [2.24, 2.45) is 5.92 Å². The third kappa shape index (κ3) is 4.47. The molecule has 0 unspecified atom stereocenters. The van der Waals surface area contributed by atoms with Crippen molar-refractivity contribution < 1.29 is 23.9 Å². The van der Waals surface area contributed by atoms with Gasteiger partial charge in [0.25, 0.3) is 5.91 Å². The Kier molecular flexibility index (Phi) is 6.11. The molecule has 0 radical (unpaired) electrons. The molecule has 27 heavy (non-hydrogen) atoms. The molecular formula is C20H26N2O5. The van der Waals surface area contributed by atoms with Gasteiger partial charge >= 0.3 is 5.97 Å². The number of esters is 1. The Morgan fingerprint density at radius 3 is 2.52 bits per heavy atom. The molecule has 7 nitrogen and oxygen atoms in total. The summed E-state index contributed by atoms with van der Waals surface area (Å²) in [6.45, 7) is 5.93. The van der Waals surface area contributed by atoms with Gasteiger partial charge in [-0.3, -0.25) is 14.4 Å². The Balaban J connectivity index is 1.57. The van der Waals surface area contributed by atoms with Gasteiger partial charge in [0, 0.05) is 31.7 Å². The van der Waals surface area contributed by atoms with Crippen LogP contribution in [0.15, 0.2) is 24.3 Å². The second kappa shape index (κ2) is 8.52. The SMILES string of the molecule is CCc1ccc(N2C[C@@H](C(=O)O[C@H](C)C(=O)N3CCOCC3)CC2=O)cc1. The molecule has 3 rings (SSSR count). The Hall–Kier alpha value is -2.41. The van der Waals surface area contributed by atoms with E-state index in [0.29, 0.717) is 26.3 Å². The molecule has 1 aromatic rings. The van der Waals surface area contributed by atoms with Crippen molar-refractivity contribution in [3.8, 4) is 0 Å². The standard InChI is InChI=1S/C20H26N2O5/c1-3-15-4-6-17(7-5-15)22-13-16(12-18(22)23)20(25)27-14(2)19(24)21-8-10-26-11-9-21/h4-7,14,16H,3,8-13H2,1-2H3/t14-,16+/m1/s1. The van der Waals surface area contributed by atoms with E-state index in [1.54, 1.807) is 16.7 Å². The molecule has 2 aliphatic rings. The monoisotopic (exact) mass is 374 g/mol. The van der Waals surface area contributed by atoms with Crippen LogP contribution in [-0.2, 0) is 30.3 Å². The molecule has 2 aliphatic heterocycles. The highest BCUT2D eigenvalue weighted by Gasteiger charge is 2.37. The van der Waals surface area contributed by atoms with Crippen LogP contribution in [0.5, 0.6) is 0 Å². The fourth-order valence-electron chi connectivity index (χ4n) is 3.39. The highest BCUT2D eigenvalue weighted by molar-refractivity contribution is 5.99. The Morgan fingerprint density at radius 2 is 1.89 bits per heavy atom. The molecule has 146 valence electrons. The van der Waals surface area contributed by atoms with Crippen LogP contribution in [0.1, 0.15) is 25.8 Å². The van der Waals surface area contributed by atoms with E-state index in [4.69, 9.17) is 9.47 Å². The topological polar surface area (TPSA) is 76.2 Å². The summed E-state index contributed by atoms with van der Waals surface area (Å²) in [7, 11) is 0. The number of carbonyl (C=O) groups excluding carboxylic acids is 3. The van der Waals surface area contributed by atoms with E-state index in [1.807, 2.05) is 24.3 Å². The zero-order chi connectivity index (χ0) is 19.4. The van der Waals surface area contributed by atoms with Gasteiger partial charge in [-0.2, -0.15) is 0 Å². The molecule has 0 spiro atoms. The van der Waals surface area contributed by atoms with Crippen LogP contribution >= 0.6 is 0 Å². The van der Waals surface area contributed by atoms with E-state index in [0.717, 1.165) is 12.1 Å². The van der Waals surface area contributed by atoms with Crippen LogP contribution < -0.4 is 4.90 Å². The fraction of sp³-hybridized carbons (Fsp3) is 0.550. The number of anilines is 1. The number of morpholine rings is 1. The van der Waals surface area contributed by atoms with Crippen LogP contribution in [0, 0.1) is 5.92 Å². The summed E-state index contributed by atoms with van der Waals surface area (Å²) >= 11 is 0. The fourth-order valence-corrected chi connectivity index (χ4v) is 3.39. The molecule has 2 amide bonds. The average molecular weight is 374 g/mol. The van der Waals surface area contributed by atoms with E-state index >= 15 is 0 Å². The minimum atomic E-state index is -0.858. The first-order valence-corrected chi connectivity index (χ1v) is 9.46. The number of aryl methyl sites for hydroxylation is 1. The van der Waals surface area contributed by atoms with Gasteiger partial charge in [-0.25, -0.2) is 0 Å². The first kappa shape index (κ1) is 19.4. The first-order chi connectivity index (χ1) is 13.0. The van der Waals surface area contributed by atoms with Crippen molar-refractivity contribution in [1.82, 2.24) is 4.90 Å². The second-order valence-corrected chi connectivity index (χ2v) is 6.94. The van der Waals surface area contributed by atoms with Crippen molar-refractivity contribution in [2.45, 2.75) is 32.8 Å². The summed E-state index contributed by atoms with van der Waals surface area (Å²) in [6.07, 6.45) is 0.175. The third-order valence-electron chi connectivity index (χ3n) is 5.08. The summed E-state index contributed by atoms with van der Waals surface area (Å²) in [4.78, 5) is 40.4. The highest BCUT2D eigenvalue weighted by atomic mass is 16.5. The van der Waals surface area contributed by atoms with E-state index in [2.05, 4.69) is 6.92 Å². The largest absolute Gasteiger partial charge is 0.452 e. The first-order valence-electron chi connectivity index (χ1n) is 9.46. The van der Waals surface area contributed by atoms with Crippen LogP contribution in [0.25, 0.3) is 0 Å². The van der Waals surface area contributed by atoms with Crippen LogP contribution in [-0.4, -0.2) is 61.6 Å². The smallest absolute Gasteiger partial charge is 0.312 e. The summed E-state index contributed by atoms with van der Waals surface area (Å²) in [6, 6.07) is 7.76. The molecule has 1 aromatic carbocycles. The summed E-state index contributed by atoms with van der Waals surface area (Å²) in [5, 5.41) is 0. The van der Waals surface area contributed by atoms with E-state index in [-0.39, 0.29) is 24.8 Å². The summed E-state index contributed by atoms with van der Waals surface area (Å²) < 4.78 is 10.6. The minimum Gasteiger partial charge on any atom is -0.452 e. The Bertz CT molecular complexity index is 697. The number of rotatable bonds is 5. The van der Waals surface area contributed by atoms with Gasteiger partial charge in [0.05, 0.1) is 19.1 Å². The van der Waals surface area contributed by atoms with Gasteiger partial charge < -0.3 is 19.3 Å². The molecule has 2 saturated heterocycles. The Labute approximate surface area is 159 Å². The molecule has 0 aliphatic carbocycles. The van der Waals surface area contributed by atoms with Crippen molar-refractivity contribution >= 4 is 23.5 Å². The van der Waals surface area contributed by atoms with Gasteiger partial charge in [0.2, 0.25) is 5.91 Å². The summed E-state index contributed by atoms with van der Waals surface area (Å²) in [5.41, 5.74) is 1.97. The number of benzene rings is 1. The predicted molar refractivity (Wildman–Crippen MR) is 99.2 cm³/mol. The van der Waals surface area contributed by atoms with Crippen molar-refractivity contribution in [3.63, 3.8) is 0 Å². The van der Waals surface area contributed by atoms with Gasteiger partial charge in [0.15, 0.2) is 6.10 Å². The van der Waals surface area contributed by atoms with Gasteiger partial charge in [-0.1, -0.05) is 19.1 Å². The lowest BCUT2D eigenvalue weighted by Gasteiger charge is -2.29. The van der Waals surface area contributed by atoms with Gasteiger partial charge in [-0.15, -0.1) is 0 Å². The molecule has 0 N–H and O–H groups in total. The van der Waals surface area contributed by atoms with E-state index in [9.17, 15) is 14.4 Å². The molecule has 0 aromatic heterocycles. The predicted octanol–water partition coefficient (Wildman–Crippen LogP) is 1.39. The number of nitrogens with zero attached hydrogens (tertiary/aromatic N) is 2. The number of hydrogen-bond donors (Lipinski definition) is 0. The normalized spacial score (nSPS) is 21.3. The van der Waals surface area contributed by atoms with Crippen molar-refractivity contribution in [3.05, 3.63) is 29.8 Å². The molecule has 0 bridgehead atoms. The van der Waals surface area contributed by atoms with E-state index < -0.39 is 18.0 Å². The highest BCUT2D eigenvalue weighted by Crippen LogP contribution is 2.26. The molecule has 2 atom stereocenters. The van der Waals surface area contributed by atoms with Gasteiger partial charge in [0.1, 0.15) is 0 Å². The Morgan fingerprint density at radius 1 is 1.22 bits per heavy atom. The lowest BCUT2D eigenvalue weighted by atomic mass is 10.1. The minimum absolute atomic E-state index is 0.103. The number of ether oxygens (including phenoxy) is 2. The number of amides is 2. The summed E-state index contributed by atoms with van der Waals surface area (Å²) in [5.74, 6) is -1.37. The maximum atomic E-state index is 12.5. The van der Waals surface area contributed by atoms with Crippen molar-refractivity contribution in [1.29, 1.82) is 0 Å². The average Bonchev–Trinajstić information content (AvgIpc) is 3.10. The molecule has 2 heterocycles. The lowest BCUT2D eigenvalue weighted by molar-refractivity contribution is -0.163. The van der Waals surface area contributed by atoms with Crippen LogP contribution in [0.3, 0.4) is 0 Å². The zero-order valence-electron chi connectivity index (χ0n) is 15.8. The zero-order valence-corrected chi connectivity index (χ0v) is 15.8. The molecule has 0 saturated carbocycles. The number of carbonyl (C=O) groups is 3. The van der Waals surface area contributed by atoms with Crippen LogP contribution in [0.4, 0.5) is 5.69 Å². The maximum absolute atomic E-state index is 12.5. The quantitative estimate of drug-likeness (QED) is 0.728.